The maximum atomic E-state index is 12.0. The Labute approximate surface area is 175 Å². The van der Waals surface area contributed by atoms with E-state index < -0.39 is 10.9 Å². The average molecular weight is 403 g/mol. The number of rotatable bonds is 6. The van der Waals surface area contributed by atoms with Crippen molar-refractivity contribution in [3.8, 4) is 11.8 Å². The molecule has 3 rings (SSSR count). The second-order valence-electron chi connectivity index (χ2n) is 7.93. The molecule has 0 amide bonds. The third-order valence-corrected chi connectivity index (χ3v) is 4.07. The minimum absolute atomic E-state index is 0.217. The zero-order chi connectivity index (χ0) is 21.7. The van der Waals surface area contributed by atoms with Crippen LogP contribution in [0.5, 0.6) is 0 Å². The molecule has 7 heteroatoms. The summed E-state index contributed by atoms with van der Waals surface area (Å²) < 4.78 is 0. The Bertz CT molecular complexity index is 1160. The van der Waals surface area contributed by atoms with Crippen LogP contribution < -0.4 is 26.8 Å². The molecule has 0 saturated carbocycles. The number of hydrogen-bond donors (Lipinski definition) is 3. The summed E-state index contributed by atoms with van der Waals surface area (Å²) in [6.45, 7) is 7.85. The van der Waals surface area contributed by atoms with E-state index in [4.69, 9.17) is 0 Å². The fourth-order valence-electron chi connectivity index (χ4n) is 2.68. The van der Waals surface area contributed by atoms with E-state index >= 15 is 0 Å². The summed E-state index contributed by atoms with van der Waals surface area (Å²) in [6.07, 6.45) is 3.49. The largest absolute Gasteiger partial charge is 0.375 e. The van der Waals surface area contributed by atoms with E-state index in [1.54, 1.807) is 12.3 Å². The van der Waals surface area contributed by atoms with E-state index in [0.717, 1.165) is 24.1 Å². The molecule has 30 heavy (non-hydrogen) atoms. The van der Waals surface area contributed by atoms with E-state index in [1.807, 2.05) is 45.0 Å². The highest BCUT2D eigenvalue weighted by molar-refractivity contribution is 5.78. The van der Waals surface area contributed by atoms with E-state index in [1.165, 1.54) is 0 Å². The van der Waals surface area contributed by atoms with Crippen LogP contribution in [0, 0.1) is 11.8 Å². The molecule has 0 saturated heterocycles. The van der Waals surface area contributed by atoms with Crippen LogP contribution in [0.15, 0.2) is 46.1 Å². The van der Waals surface area contributed by atoms with Crippen molar-refractivity contribution in [3.05, 3.63) is 62.5 Å². The molecule has 0 aliphatic rings. The molecular formula is C23H25N5O2. The Balaban J connectivity index is 1.72. The quantitative estimate of drug-likeness (QED) is 0.424. The van der Waals surface area contributed by atoms with Gasteiger partial charge in [0.15, 0.2) is 0 Å². The molecule has 0 radical (unpaired) electrons. The van der Waals surface area contributed by atoms with Crippen LogP contribution in [-0.2, 0) is 0 Å². The Morgan fingerprint density at radius 3 is 2.33 bits per heavy atom. The molecule has 3 N–H and O–H groups in total. The Morgan fingerprint density at radius 1 is 0.967 bits per heavy atom. The standard InChI is InChI=1S/C23H25N5O2/c1-5-6-7-8-15-9-11-16(12-10-15)25-22-24-14-13-17(27-22)26-18-19(21(30)20(18)29)28-23(2,3)4/h9-14,28H,5-6H2,1-4H3,(H2,24,25,26,27). The van der Waals surface area contributed by atoms with Crippen molar-refractivity contribution in [1.29, 1.82) is 0 Å². The number of benzene rings is 1. The van der Waals surface area contributed by atoms with Gasteiger partial charge >= 0.3 is 0 Å². The summed E-state index contributed by atoms with van der Waals surface area (Å²) >= 11 is 0. The van der Waals surface area contributed by atoms with E-state index in [0.29, 0.717) is 11.8 Å². The SMILES string of the molecule is CCCC#Cc1ccc(Nc2nccc(Nc3c(NC(C)(C)C)c(=O)c3=O)n2)cc1. The molecule has 2 aromatic carbocycles. The van der Waals surface area contributed by atoms with Crippen LogP contribution in [0.4, 0.5) is 28.8 Å². The average Bonchev–Trinajstić information content (AvgIpc) is 2.71. The predicted octanol–water partition coefficient (Wildman–Crippen LogP) is 3.92. The van der Waals surface area contributed by atoms with E-state index in [2.05, 4.69) is 44.7 Å². The molecule has 3 aromatic rings. The normalized spacial score (nSPS) is 10.9. The monoisotopic (exact) mass is 403 g/mol. The van der Waals surface area contributed by atoms with Crippen LogP contribution in [-0.4, -0.2) is 15.5 Å². The van der Waals surface area contributed by atoms with Gasteiger partial charge in [-0.05, 0) is 57.5 Å². The van der Waals surface area contributed by atoms with Gasteiger partial charge in [-0.15, -0.1) is 0 Å². The number of hydrogen-bond acceptors (Lipinski definition) is 7. The van der Waals surface area contributed by atoms with Gasteiger partial charge in [0.2, 0.25) is 5.95 Å². The molecule has 1 aromatic heterocycles. The Kier molecular flexibility index (Phi) is 6.17. The third-order valence-electron chi connectivity index (χ3n) is 4.07. The summed E-state index contributed by atoms with van der Waals surface area (Å²) in [6, 6.07) is 9.31. The molecule has 0 fully saturated rings. The molecule has 1 heterocycles. The first-order valence-electron chi connectivity index (χ1n) is 9.84. The van der Waals surface area contributed by atoms with Gasteiger partial charge in [-0.3, -0.25) is 9.59 Å². The minimum atomic E-state index is -0.561. The molecule has 7 nitrogen and oxygen atoms in total. The van der Waals surface area contributed by atoms with Crippen molar-refractivity contribution in [2.75, 3.05) is 16.0 Å². The zero-order valence-electron chi connectivity index (χ0n) is 17.6. The third kappa shape index (κ3) is 5.23. The number of aromatic nitrogens is 2. The molecule has 0 aliphatic carbocycles. The van der Waals surface area contributed by atoms with Gasteiger partial charge in [0.05, 0.1) is 0 Å². The summed E-state index contributed by atoms with van der Waals surface area (Å²) in [7, 11) is 0. The number of nitrogens with one attached hydrogen (secondary N) is 3. The van der Waals surface area contributed by atoms with Gasteiger partial charge in [-0.25, -0.2) is 4.98 Å². The first-order chi connectivity index (χ1) is 14.3. The molecule has 0 spiro atoms. The fraction of sp³-hybridized carbons (Fsp3) is 0.304. The molecule has 154 valence electrons. The number of nitrogens with zero attached hydrogens (tertiary/aromatic N) is 2. The maximum absolute atomic E-state index is 12.0. The maximum Gasteiger partial charge on any atom is 0.253 e. The van der Waals surface area contributed by atoms with Gasteiger partial charge in [0.25, 0.3) is 10.9 Å². The van der Waals surface area contributed by atoms with Crippen molar-refractivity contribution >= 4 is 28.8 Å². The van der Waals surface area contributed by atoms with Crippen molar-refractivity contribution in [1.82, 2.24) is 9.97 Å². The minimum Gasteiger partial charge on any atom is -0.375 e. The van der Waals surface area contributed by atoms with E-state index in [9.17, 15) is 9.59 Å². The van der Waals surface area contributed by atoms with Crippen molar-refractivity contribution in [2.45, 2.75) is 46.1 Å². The molecule has 0 aliphatic heterocycles. The van der Waals surface area contributed by atoms with Crippen molar-refractivity contribution < 1.29 is 0 Å². The topological polar surface area (TPSA) is 96.0 Å². The predicted molar refractivity (Wildman–Crippen MR) is 122 cm³/mol. The van der Waals surface area contributed by atoms with Crippen LogP contribution in [0.3, 0.4) is 0 Å². The number of anilines is 5. The van der Waals surface area contributed by atoms with Crippen molar-refractivity contribution in [3.63, 3.8) is 0 Å². The van der Waals surface area contributed by atoms with Crippen molar-refractivity contribution in [2.24, 2.45) is 0 Å². The Hall–Kier alpha value is -3.66. The zero-order valence-corrected chi connectivity index (χ0v) is 17.6. The van der Waals surface area contributed by atoms with Crippen LogP contribution in [0.1, 0.15) is 46.1 Å². The fourth-order valence-corrected chi connectivity index (χ4v) is 2.68. The van der Waals surface area contributed by atoms with Gasteiger partial charge in [0, 0.05) is 29.4 Å². The summed E-state index contributed by atoms with van der Waals surface area (Å²) in [5.41, 5.74) is 0.831. The van der Waals surface area contributed by atoms with Gasteiger partial charge in [-0.1, -0.05) is 18.8 Å². The summed E-state index contributed by atoms with van der Waals surface area (Å²) in [4.78, 5) is 32.5. The lowest BCUT2D eigenvalue weighted by molar-refractivity contribution is 0.632. The lowest BCUT2D eigenvalue weighted by Gasteiger charge is -2.24. The highest BCUT2D eigenvalue weighted by atomic mass is 16.2. The molecule has 0 atom stereocenters. The van der Waals surface area contributed by atoms with Crippen LogP contribution >= 0.6 is 0 Å². The van der Waals surface area contributed by atoms with Gasteiger partial charge in [-0.2, -0.15) is 4.98 Å². The Morgan fingerprint density at radius 2 is 1.67 bits per heavy atom. The van der Waals surface area contributed by atoms with E-state index in [-0.39, 0.29) is 16.9 Å². The first-order valence-corrected chi connectivity index (χ1v) is 9.84. The number of unbranched alkanes of at least 4 members (excludes halogenated alkanes) is 1. The van der Waals surface area contributed by atoms with Crippen LogP contribution in [0.25, 0.3) is 0 Å². The van der Waals surface area contributed by atoms with Gasteiger partial charge in [0.1, 0.15) is 17.2 Å². The summed E-state index contributed by atoms with van der Waals surface area (Å²) in [5, 5.41) is 9.12. The second-order valence-corrected chi connectivity index (χ2v) is 7.93. The highest BCUT2D eigenvalue weighted by Gasteiger charge is 2.25. The summed E-state index contributed by atoms with van der Waals surface area (Å²) in [5.74, 6) is 7.02. The second kappa shape index (κ2) is 8.78. The lowest BCUT2D eigenvalue weighted by atomic mass is 10.1. The highest BCUT2D eigenvalue weighted by Crippen LogP contribution is 2.23. The van der Waals surface area contributed by atoms with Crippen LogP contribution in [0.2, 0.25) is 0 Å². The molecular weight excluding hydrogens is 378 g/mol. The first kappa shape index (κ1) is 21.1. The lowest BCUT2D eigenvalue weighted by Crippen LogP contribution is -2.41. The smallest absolute Gasteiger partial charge is 0.253 e. The molecule has 0 unspecified atom stereocenters. The van der Waals surface area contributed by atoms with Gasteiger partial charge < -0.3 is 16.0 Å². The molecule has 0 bridgehead atoms.